The maximum absolute atomic E-state index is 11.9. The number of ether oxygens (including phenoxy) is 1. The molecule has 0 bridgehead atoms. The van der Waals surface area contributed by atoms with Crippen molar-refractivity contribution in [2.24, 2.45) is 5.92 Å². The number of nitrogens with zero attached hydrogens (tertiary/aromatic N) is 1. The standard InChI is InChI=1S/C15H21NO2/c1-10(2)14-12(4)16(15(17)18-14)9-13-7-5-6-11(3)8-13/h5-8,10,12,14H,9H2,1-4H3/t12-,14-/m1/s1. The first-order valence-electron chi connectivity index (χ1n) is 6.52. The van der Waals surface area contributed by atoms with Gasteiger partial charge in [-0.3, -0.25) is 4.90 Å². The molecular weight excluding hydrogens is 226 g/mol. The Kier molecular flexibility index (Phi) is 3.60. The van der Waals surface area contributed by atoms with Crippen molar-refractivity contribution in [1.82, 2.24) is 4.90 Å². The van der Waals surface area contributed by atoms with Crippen LogP contribution in [0.3, 0.4) is 0 Å². The fraction of sp³-hybridized carbons (Fsp3) is 0.533. The summed E-state index contributed by atoms with van der Waals surface area (Å²) in [5.41, 5.74) is 2.37. The molecule has 1 saturated heterocycles. The van der Waals surface area contributed by atoms with Crippen LogP contribution in [0.15, 0.2) is 24.3 Å². The van der Waals surface area contributed by atoms with E-state index in [2.05, 4.69) is 45.9 Å². The second-order valence-electron chi connectivity index (χ2n) is 5.45. The van der Waals surface area contributed by atoms with Crippen molar-refractivity contribution in [3.8, 4) is 0 Å². The molecule has 1 amide bonds. The van der Waals surface area contributed by atoms with Gasteiger partial charge in [0.25, 0.3) is 0 Å². The average molecular weight is 247 g/mol. The third-order valence-corrected chi connectivity index (χ3v) is 3.53. The molecule has 1 aromatic carbocycles. The maximum Gasteiger partial charge on any atom is 0.410 e. The lowest BCUT2D eigenvalue weighted by Gasteiger charge is -2.22. The summed E-state index contributed by atoms with van der Waals surface area (Å²) in [5.74, 6) is 0.353. The highest BCUT2D eigenvalue weighted by Gasteiger charge is 2.39. The van der Waals surface area contributed by atoms with Crippen molar-refractivity contribution in [2.75, 3.05) is 0 Å². The zero-order valence-corrected chi connectivity index (χ0v) is 11.5. The highest BCUT2D eigenvalue weighted by Crippen LogP contribution is 2.26. The predicted octanol–water partition coefficient (Wildman–Crippen LogP) is 3.36. The molecule has 0 unspecified atom stereocenters. The van der Waals surface area contributed by atoms with Gasteiger partial charge in [0.2, 0.25) is 0 Å². The lowest BCUT2D eigenvalue weighted by Crippen LogP contribution is -2.35. The third kappa shape index (κ3) is 2.50. The van der Waals surface area contributed by atoms with E-state index in [1.807, 2.05) is 11.0 Å². The van der Waals surface area contributed by atoms with Crippen molar-refractivity contribution in [2.45, 2.75) is 46.4 Å². The van der Waals surface area contributed by atoms with Crippen molar-refractivity contribution in [3.05, 3.63) is 35.4 Å². The number of hydrogen-bond acceptors (Lipinski definition) is 2. The Labute approximate surface area is 109 Å². The lowest BCUT2D eigenvalue weighted by atomic mass is 10.0. The molecule has 0 N–H and O–H groups in total. The largest absolute Gasteiger partial charge is 0.444 e. The number of cyclic esters (lactones) is 1. The van der Waals surface area contributed by atoms with Crippen LogP contribution in [-0.4, -0.2) is 23.1 Å². The van der Waals surface area contributed by atoms with Crippen LogP contribution >= 0.6 is 0 Å². The van der Waals surface area contributed by atoms with Crippen LogP contribution < -0.4 is 0 Å². The molecule has 2 rings (SSSR count). The fourth-order valence-electron chi connectivity index (χ4n) is 2.54. The molecule has 2 atom stereocenters. The SMILES string of the molecule is Cc1cccc(CN2C(=O)O[C@H](C(C)C)[C@H]2C)c1. The van der Waals surface area contributed by atoms with E-state index in [4.69, 9.17) is 4.74 Å². The average Bonchev–Trinajstić information content (AvgIpc) is 2.57. The van der Waals surface area contributed by atoms with E-state index in [0.29, 0.717) is 12.5 Å². The van der Waals surface area contributed by atoms with Crippen molar-refractivity contribution < 1.29 is 9.53 Å². The van der Waals surface area contributed by atoms with Gasteiger partial charge in [0.05, 0.1) is 6.04 Å². The molecule has 0 spiro atoms. The molecule has 0 aromatic heterocycles. The van der Waals surface area contributed by atoms with E-state index >= 15 is 0 Å². The van der Waals surface area contributed by atoms with Crippen LogP contribution in [0.1, 0.15) is 31.9 Å². The van der Waals surface area contributed by atoms with Gasteiger partial charge in [0, 0.05) is 6.54 Å². The Hall–Kier alpha value is -1.51. The second-order valence-corrected chi connectivity index (χ2v) is 5.45. The van der Waals surface area contributed by atoms with E-state index < -0.39 is 0 Å². The molecule has 0 aliphatic carbocycles. The Morgan fingerprint density at radius 2 is 2.11 bits per heavy atom. The summed E-state index contributed by atoms with van der Waals surface area (Å²) in [6, 6.07) is 8.39. The Morgan fingerprint density at radius 1 is 1.39 bits per heavy atom. The van der Waals surface area contributed by atoms with Crippen LogP contribution in [0.2, 0.25) is 0 Å². The number of benzene rings is 1. The van der Waals surface area contributed by atoms with E-state index in [-0.39, 0.29) is 18.2 Å². The quantitative estimate of drug-likeness (QED) is 0.819. The van der Waals surface area contributed by atoms with Gasteiger partial charge in [-0.1, -0.05) is 43.7 Å². The summed E-state index contributed by atoms with van der Waals surface area (Å²) in [7, 11) is 0. The molecular formula is C15H21NO2. The van der Waals surface area contributed by atoms with Gasteiger partial charge < -0.3 is 4.74 Å². The van der Waals surface area contributed by atoms with Crippen molar-refractivity contribution >= 4 is 6.09 Å². The number of aryl methyl sites for hydroxylation is 1. The van der Waals surface area contributed by atoms with Gasteiger partial charge >= 0.3 is 6.09 Å². The summed E-state index contributed by atoms with van der Waals surface area (Å²) in [6.07, 6.45) is -0.190. The molecule has 1 fully saturated rings. The van der Waals surface area contributed by atoms with Crippen LogP contribution in [0.25, 0.3) is 0 Å². The van der Waals surface area contributed by atoms with Crippen molar-refractivity contribution in [1.29, 1.82) is 0 Å². The molecule has 3 heteroatoms. The Balaban J connectivity index is 2.12. The van der Waals surface area contributed by atoms with E-state index in [1.165, 1.54) is 5.56 Å². The molecule has 18 heavy (non-hydrogen) atoms. The molecule has 0 saturated carbocycles. The summed E-state index contributed by atoms with van der Waals surface area (Å²) in [6.45, 7) is 8.93. The first kappa shape index (κ1) is 12.9. The first-order valence-corrected chi connectivity index (χ1v) is 6.52. The van der Waals surface area contributed by atoms with Gasteiger partial charge in [0.15, 0.2) is 0 Å². The summed E-state index contributed by atoms with van der Waals surface area (Å²) >= 11 is 0. The van der Waals surface area contributed by atoms with E-state index in [9.17, 15) is 4.79 Å². The Bertz CT molecular complexity index is 442. The topological polar surface area (TPSA) is 29.5 Å². The minimum atomic E-state index is -0.192. The van der Waals surface area contributed by atoms with Crippen LogP contribution in [-0.2, 0) is 11.3 Å². The zero-order chi connectivity index (χ0) is 13.3. The monoisotopic (exact) mass is 247 g/mol. The van der Waals surface area contributed by atoms with Gasteiger partial charge in [-0.05, 0) is 25.3 Å². The molecule has 0 radical (unpaired) electrons. The highest BCUT2D eigenvalue weighted by atomic mass is 16.6. The third-order valence-electron chi connectivity index (χ3n) is 3.53. The molecule has 1 heterocycles. The van der Waals surface area contributed by atoms with Crippen LogP contribution in [0.5, 0.6) is 0 Å². The molecule has 1 aromatic rings. The Morgan fingerprint density at radius 3 is 2.67 bits per heavy atom. The normalized spacial score (nSPS) is 23.6. The smallest absolute Gasteiger partial charge is 0.410 e. The van der Waals surface area contributed by atoms with Crippen LogP contribution in [0.4, 0.5) is 4.79 Å². The molecule has 1 aliphatic rings. The molecule has 3 nitrogen and oxygen atoms in total. The molecule has 1 aliphatic heterocycles. The summed E-state index contributed by atoms with van der Waals surface area (Å²) < 4.78 is 5.44. The highest BCUT2D eigenvalue weighted by molar-refractivity contribution is 5.70. The number of amides is 1. The van der Waals surface area contributed by atoms with E-state index in [0.717, 1.165) is 5.56 Å². The maximum atomic E-state index is 11.9. The lowest BCUT2D eigenvalue weighted by molar-refractivity contribution is 0.104. The van der Waals surface area contributed by atoms with Crippen LogP contribution in [0, 0.1) is 12.8 Å². The predicted molar refractivity (Wildman–Crippen MR) is 71.3 cm³/mol. The second kappa shape index (κ2) is 5.01. The minimum Gasteiger partial charge on any atom is -0.444 e. The van der Waals surface area contributed by atoms with Gasteiger partial charge in [0.1, 0.15) is 6.10 Å². The van der Waals surface area contributed by atoms with Gasteiger partial charge in [-0.15, -0.1) is 0 Å². The first-order chi connectivity index (χ1) is 8.49. The fourth-order valence-corrected chi connectivity index (χ4v) is 2.54. The number of carbonyl (C=O) groups excluding carboxylic acids is 1. The van der Waals surface area contributed by atoms with Gasteiger partial charge in [-0.25, -0.2) is 4.79 Å². The number of hydrogen-bond donors (Lipinski definition) is 0. The summed E-state index contributed by atoms with van der Waals surface area (Å²) in [5, 5.41) is 0. The van der Waals surface area contributed by atoms with Crippen molar-refractivity contribution in [3.63, 3.8) is 0 Å². The summed E-state index contributed by atoms with van der Waals surface area (Å²) in [4.78, 5) is 13.7. The molecule has 98 valence electrons. The minimum absolute atomic E-state index is 0.00214. The number of carbonyl (C=O) groups is 1. The van der Waals surface area contributed by atoms with Gasteiger partial charge in [-0.2, -0.15) is 0 Å². The number of rotatable bonds is 3. The van der Waals surface area contributed by atoms with E-state index in [1.54, 1.807) is 0 Å². The zero-order valence-electron chi connectivity index (χ0n) is 11.5.